The van der Waals surface area contributed by atoms with Crippen molar-refractivity contribution in [3.63, 3.8) is 0 Å². The molecular weight excluding hydrogens is 222 g/mol. The van der Waals surface area contributed by atoms with E-state index in [1.165, 1.54) is 11.1 Å². The predicted molar refractivity (Wildman–Crippen MR) is 73.6 cm³/mol. The molecule has 2 nitrogen and oxygen atoms in total. The molecule has 1 spiro atoms. The maximum Gasteiger partial charge on any atom is 0.0967 e. The van der Waals surface area contributed by atoms with Crippen LogP contribution in [0, 0.1) is 0 Å². The van der Waals surface area contributed by atoms with Gasteiger partial charge in [0.15, 0.2) is 0 Å². The van der Waals surface area contributed by atoms with Gasteiger partial charge < -0.3 is 9.64 Å². The zero-order chi connectivity index (χ0) is 12.8. The normalized spacial score (nSPS) is 26.8. The molecule has 2 heterocycles. The topological polar surface area (TPSA) is 12.5 Å². The van der Waals surface area contributed by atoms with Crippen LogP contribution in [0.5, 0.6) is 0 Å². The van der Waals surface area contributed by atoms with E-state index in [-0.39, 0.29) is 11.7 Å². The summed E-state index contributed by atoms with van der Waals surface area (Å²) in [6.07, 6.45) is 2.52. The highest BCUT2D eigenvalue weighted by Gasteiger charge is 2.45. The molecule has 3 rings (SSSR count). The van der Waals surface area contributed by atoms with E-state index in [0.717, 1.165) is 25.9 Å². The van der Waals surface area contributed by atoms with E-state index in [1.54, 1.807) is 0 Å². The molecule has 1 aromatic rings. The molecule has 2 aliphatic heterocycles. The summed E-state index contributed by atoms with van der Waals surface area (Å²) in [7, 11) is 0. The van der Waals surface area contributed by atoms with Gasteiger partial charge in [0.05, 0.1) is 11.7 Å². The van der Waals surface area contributed by atoms with Crippen molar-refractivity contribution < 1.29 is 4.74 Å². The Kier molecular flexibility index (Phi) is 2.95. The van der Waals surface area contributed by atoms with E-state index in [1.807, 2.05) is 0 Å². The fourth-order valence-electron chi connectivity index (χ4n) is 3.52. The van der Waals surface area contributed by atoms with Gasteiger partial charge in [-0.3, -0.25) is 0 Å². The monoisotopic (exact) mass is 245 g/mol. The lowest BCUT2D eigenvalue weighted by atomic mass is 9.83. The van der Waals surface area contributed by atoms with E-state index in [0.29, 0.717) is 6.04 Å². The van der Waals surface area contributed by atoms with Crippen molar-refractivity contribution in [1.82, 2.24) is 4.90 Å². The van der Waals surface area contributed by atoms with Crippen molar-refractivity contribution >= 4 is 0 Å². The third-order valence-electron chi connectivity index (χ3n) is 4.63. The van der Waals surface area contributed by atoms with Gasteiger partial charge in [-0.05, 0) is 44.7 Å². The van der Waals surface area contributed by atoms with Crippen LogP contribution in [0.2, 0.25) is 0 Å². The molecule has 2 aliphatic rings. The van der Waals surface area contributed by atoms with E-state index >= 15 is 0 Å². The Balaban J connectivity index is 1.87. The minimum atomic E-state index is 0.00139. The minimum Gasteiger partial charge on any atom is -0.363 e. The van der Waals surface area contributed by atoms with Gasteiger partial charge >= 0.3 is 0 Å². The average molecular weight is 245 g/mol. The van der Waals surface area contributed by atoms with Crippen molar-refractivity contribution in [2.45, 2.75) is 51.4 Å². The molecule has 0 amide bonds. The number of hydrogen-bond acceptors (Lipinski definition) is 2. The number of piperidine rings is 1. The van der Waals surface area contributed by atoms with Gasteiger partial charge in [-0.15, -0.1) is 0 Å². The number of likely N-dealkylation sites (tertiary alicyclic amines) is 1. The van der Waals surface area contributed by atoms with Crippen LogP contribution in [0.4, 0.5) is 0 Å². The highest BCUT2D eigenvalue weighted by atomic mass is 16.5. The van der Waals surface area contributed by atoms with Crippen LogP contribution in [0.1, 0.15) is 50.8 Å². The Morgan fingerprint density at radius 3 is 2.56 bits per heavy atom. The molecule has 0 radical (unpaired) electrons. The predicted octanol–water partition coefficient (Wildman–Crippen LogP) is 3.48. The van der Waals surface area contributed by atoms with Crippen LogP contribution < -0.4 is 0 Å². The van der Waals surface area contributed by atoms with Gasteiger partial charge in [0, 0.05) is 19.1 Å². The Morgan fingerprint density at radius 1 is 1.22 bits per heavy atom. The quantitative estimate of drug-likeness (QED) is 0.751. The molecule has 1 atom stereocenters. The SMILES string of the molecule is CC1OC2(CCN(C(C)C)CC2)c2ccccc21. The maximum atomic E-state index is 6.36. The number of fused-ring (bicyclic) bond motifs is 2. The molecule has 1 saturated heterocycles. The number of benzene rings is 1. The second-order valence-corrected chi connectivity index (χ2v) is 5.97. The summed E-state index contributed by atoms with van der Waals surface area (Å²) in [5, 5.41) is 0. The number of ether oxygens (including phenoxy) is 1. The number of nitrogens with zero attached hydrogens (tertiary/aromatic N) is 1. The fourth-order valence-corrected chi connectivity index (χ4v) is 3.52. The molecule has 0 aromatic heterocycles. The van der Waals surface area contributed by atoms with Crippen molar-refractivity contribution in [2.24, 2.45) is 0 Å². The molecule has 1 aromatic carbocycles. The van der Waals surface area contributed by atoms with E-state index < -0.39 is 0 Å². The van der Waals surface area contributed by atoms with Gasteiger partial charge in [-0.1, -0.05) is 24.3 Å². The van der Waals surface area contributed by atoms with Crippen molar-refractivity contribution in [2.75, 3.05) is 13.1 Å². The third kappa shape index (κ3) is 1.79. The van der Waals surface area contributed by atoms with Gasteiger partial charge in [-0.2, -0.15) is 0 Å². The number of rotatable bonds is 1. The highest BCUT2D eigenvalue weighted by Crippen LogP contribution is 2.49. The summed E-state index contributed by atoms with van der Waals surface area (Å²) in [5.74, 6) is 0. The van der Waals surface area contributed by atoms with E-state index in [4.69, 9.17) is 4.74 Å². The zero-order valence-electron chi connectivity index (χ0n) is 11.6. The summed E-state index contributed by atoms with van der Waals surface area (Å²) < 4.78 is 6.36. The lowest BCUT2D eigenvalue weighted by Gasteiger charge is -2.41. The molecule has 0 saturated carbocycles. The van der Waals surface area contributed by atoms with Gasteiger partial charge in [0.2, 0.25) is 0 Å². The molecular formula is C16H23NO. The van der Waals surface area contributed by atoms with Crippen LogP contribution in [0.15, 0.2) is 24.3 Å². The Labute approximate surface area is 110 Å². The van der Waals surface area contributed by atoms with E-state index in [9.17, 15) is 0 Å². The Morgan fingerprint density at radius 2 is 1.89 bits per heavy atom. The first kappa shape index (κ1) is 12.2. The van der Waals surface area contributed by atoms with Crippen LogP contribution in [-0.4, -0.2) is 24.0 Å². The lowest BCUT2D eigenvalue weighted by molar-refractivity contribution is -0.106. The second-order valence-electron chi connectivity index (χ2n) is 5.97. The second kappa shape index (κ2) is 4.36. The Bertz CT molecular complexity index is 432. The van der Waals surface area contributed by atoms with Gasteiger partial charge in [-0.25, -0.2) is 0 Å². The first-order valence-electron chi connectivity index (χ1n) is 7.14. The summed E-state index contributed by atoms with van der Waals surface area (Å²) in [6.45, 7) is 9.05. The molecule has 1 fully saturated rings. The first-order chi connectivity index (χ1) is 8.62. The highest BCUT2D eigenvalue weighted by molar-refractivity contribution is 5.38. The van der Waals surface area contributed by atoms with Crippen molar-refractivity contribution in [1.29, 1.82) is 0 Å². The molecule has 1 unspecified atom stereocenters. The first-order valence-corrected chi connectivity index (χ1v) is 7.14. The van der Waals surface area contributed by atoms with Crippen LogP contribution in [-0.2, 0) is 10.3 Å². The largest absolute Gasteiger partial charge is 0.363 e. The average Bonchev–Trinajstić information content (AvgIpc) is 2.64. The lowest BCUT2D eigenvalue weighted by Crippen LogP contribution is -2.45. The van der Waals surface area contributed by atoms with Crippen LogP contribution >= 0.6 is 0 Å². The molecule has 0 aliphatic carbocycles. The van der Waals surface area contributed by atoms with Gasteiger partial charge in [0.25, 0.3) is 0 Å². The molecule has 2 heteroatoms. The molecule has 18 heavy (non-hydrogen) atoms. The minimum absolute atomic E-state index is 0.00139. The fraction of sp³-hybridized carbons (Fsp3) is 0.625. The van der Waals surface area contributed by atoms with Crippen molar-refractivity contribution in [3.8, 4) is 0 Å². The standard InChI is InChI=1S/C16H23NO/c1-12(2)17-10-8-16(9-11-17)15-7-5-4-6-14(15)13(3)18-16/h4-7,12-13H,8-11H2,1-3H3. The number of hydrogen-bond donors (Lipinski definition) is 0. The van der Waals surface area contributed by atoms with Gasteiger partial charge in [0.1, 0.15) is 0 Å². The Hall–Kier alpha value is -0.860. The summed E-state index contributed by atoms with van der Waals surface area (Å²) >= 11 is 0. The summed E-state index contributed by atoms with van der Waals surface area (Å²) in [6, 6.07) is 9.42. The third-order valence-corrected chi connectivity index (χ3v) is 4.63. The smallest absolute Gasteiger partial charge is 0.0967 e. The van der Waals surface area contributed by atoms with E-state index in [2.05, 4.69) is 49.9 Å². The molecule has 0 N–H and O–H groups in total. The zero-order valence-corrected chi connectivity index (χ0v) is 11.6. The maximum absolute atomic E-state index is 6.36. The summed E-state index contributed by atoms with van der Waals surface area (Å²) in [5.41, 5.74) is 2.85. The molecule has 98 valence electrons. The summed E-state index contributed by atoms with van der Waals surface area (Å²) in [4.78, 5) is 2.56. The van der Waals surface area contributed by atoms with Crippen molar-refractivity contribution in [3.05, 3.63) is 35.4 Å². The van der Waals surface area contributed by atoms with Crippen LogP contribution in [0.25, 0.3) is 0 Å². The van der Waals surface area contributed by atoms with Crippen LogP contribution in [0.3, 0.4) is 0 Å². The molecule has 0 bridgehead atoms.